The number of nitrogens with zero attached hydrogens (tertiary/aromatic N) is 2. The largest absolute Gasteiger partial charge is 0.292 e. The van der Waals surface area contributed by atoms with E-state index in [4.69, 9.17) is 4.98 Å². The molecule has 1 heterocycles. The Morgan fingerprint density at radius 1 is 0.489 bits per heavy atom. The molecule has 0 aliphatic heterocycles. The summed E-state index contributed by atoms with van der Waals surface area (Å²) in [5.41, 5.74) is 10.6. The molecule has 0 spiro atoms. The molecular formula is C45H34N2. The molecule has 0 radical (unpaired) electrons. The van der Waals surface area contributed by atoms with Crippen LogP contribution in [0.4, 0.5) is 0 Å². The molecule has 0 saturated heterocycles. The Morgan fingerprint density at radius 2 is 1.06 bits per heavy atom. The lowest BCUT2D eigenvalue weighted by Gasteiger charge is -2.23. The van der Waals surface area contributed by atoms with Crippen molar-refractivity contribution in [1.82, 2.24) is 9.55 Å². The van der Waals surface area contributed by atoms with Crippen LogP contribution in [0.2, 0.25) is 0 Å². The highest BCUT2D eigenvalue weighted by atomic mass is 15.1. The number of benzene rings is 8. The van der Waals surface area contributed by atoms with Gasteiger partial charge in [-0.3, -0.25) is 4.57 Å². The third-order valence-corrected chi connectivity index (χ3v) is 9.70. The van der Waals surface area contributed by atoms with Crippen molar-refractivity contribution >= 4 is 43.4 Å². The minimum absolute atomic E-state index is 0.0574. The van der Waals surface area contributed by atoms with E-state index in [1.54, 1.807) is 0 Å². The van der Waals surface area contributed by atoms with E-state index in [9.17, 15) is 0 Å². The van der Waals surface area contributed by atoms with Gasteiger partial charge in [-0.2, -0.15) is 0 Å². The van der Waals surface area contributed by atoms with Crippen LogP contribution in [0.3, 0.4) is 0 Å². The maximum atomic E-state index is 5.34. The van der Waals surface area contributed by atoms with Crippen LogP contribution in [0.1, 0.15) is 26.3 Å². The van der Waals surface area contributed by atoms with Crippen molar-refractivity contribution in [2.24, 2.45) is 0 Å². The number of imidazole rings is 1. The van der Waals surface area contributed by atoms with Gasteiger partial charge < -0.3 is 0 Å². The summed E-state index contributed by atoms with van der Waals surface area (Å²) in [6.07, 6.45) is 0. The van der Waals surface area contributed by atoms with Crippen molar-refractivity contribution < 1.29 is 0 Å². The molecular weight excluding hydrogens is 569 g/mol. The van der Waals surface area contributed by atoms with E-state index in [1.807, 2.05) is 0 Å². The Hall–Kier alpha value is -5.73. The second-order valence-corrected chi connectivity index (χ2v) is 13.7. The highest BCUT2D eigenvalue weighted by Crippen LogP contribution is 2.46. The summed E-state index contributed by atoms with van der Waals surface area (Å²) < 4.78 is 2.32. The lowest BCUT2D eigenvalue weighted by Crippen LogP contribution is -2.10. The van der Waals surface area contributed by atoms with E-state index >= 15 is 0 Å². The molecule has 0 fully saturated rings. The van der Waals surface area contributed by atoms with Gasteiger partial charge in [-0.1, -0.05) is 142 Å². The van der Waals surface area contributed by atoms with Crippen molar-refractivity contribution in [2.75, 3.05) is 0 Å². The van der Waals surface area contributed by atoms with Gasteiger partial charge >= 0.3 is 0 Å². The Kier molecular flexibility index (Phi) is 6.10. The second kappa shape index (κ2) is 10.4. The minimum atomic E-state index is 0.0574. The fourth-order valence-corrected chi connectivity index (χ4v) is 7.29. The molecule has 1 aromatic heterocycles. The topological polar surface area (TPSA) is 17.8 Å². The Bertz CT molecular complexity index is 2550. The van der Waals surface area contributed by atoms with E-state index in [0.29, 0.717) is 0 Å². The summed E-state index contributed by atoms with van der Waals surface area (Å²) in [5.74, 6) is 0.952. The van der Waals surface area contributed by atoms with E-state index < -0.39 is 0 Å². The Labute approximate surface area is 274 Å². The highest BCUT2D eigenvalue weighted by molar-refractivity contribution is 6.28. The monoisotopic (exact) mass is 602 g/mol. The van der Waals surface area contributed by atoms with Gasteiger partial charge in [-0.25, -0.2) is 4.98 Å². The van der Waals surface area contributed by atoms with Crippen LogP contribution in [0.5, 0.6) is 0 Å². The number of para-hydroxylation sites is 3. The molecule has 0 N–H and O–H groups in total. The van der Waals surface area contributed by atoms with Gasteiger partial charge in [0.1, 0.15) is 5.82 Å². The molecule has 224 valence electrons. The maximum absolute atomic E-state index is 5.34. The Morgan fingerprint density at radius 3 is 1.74 bits per heavy atom. The molecule has 0 atom stereocenters. The third kappa shape index (κ3) is 4.44. The van der Waals surface area contributed by atoms with Crippen LogP contribution < -0.4 is 0 Å². The zero-order valence-corrected chi connectivity index (χ0v) is 26.8. The summed E-state index contributed by atoms with van der Waals surface area (Å²) in [4.78, 5) is 5.34. The fourth-order valence-electron chi connectivity index (χ4n) is 7.29. The second-order valence-electron chi connectivity index (χ2n) is 13.7. The number of fused-ring (bicyclic) bond motifs is 1. The first kappa shape index (κ1) is 27.6. The summed E-state index contributed by atoms with van der Waals surface area (Å²) in [5, 5.41) is 7.67. The van der Waals surface area contributed by atoms with E-state index in [1.165, 1.54) is 60.1 Å². The van der Waals surface area contributed by atoms with Crippen LogP contribution in [0.15, 0.2) is 152 Å². The predicted octanol–water partition coefficient (Wildman–Crippen LogP) is 12.2. The highest BCUT2D eigenvalue weighted by Gasteiger charge is 2.23. The van der Waals surface area contributed by atoms with Crippen molar-refractivity contribution in [1.29, 1.82) is 0 Å². The van der Waals surface area contributed by atoms with Crippen molar-refractivity contribution in [3.05, 3.63) is 157 Å². The van der Waals surface area contributed by atoms with Gasteiger partial charge in [0.2, 0.25) is 0 Å². The number of aromatic nitrogens is 2. The van der Waals surface area contributed by atoms with Crippen molar-refractivity contribution in [2.45, 2.75) is 26.2 Å². The molecule has 0 unspecified atom stereocenters. The fraction of sp³-hybridized carbons (Fsp3) is 0.0889. The average molecular weight is 603 g/mol. The van der Waals surface area contributed by atoms with Crippen molar-refractivity contribution in [3.63, 3.8) is 0 Å². The zero-order valence-electron chi connectivity index (χ0n) is 26.8. The van der Waals surface area contributed by atoms with Gasteiger partial charge in [-0.05, 0) is 95.9 Å². The number of rotatable bonds is 4. The third-order valence-electron chi connectivity index (χ3n) is 9.70. The van der Waals surface area contributed by atoms with Gasteiger partial charge in [0.25, 0.3) is 0 Å². The lowest BCUT2D eigenvalue weighted by atomic mass is 9.82. The quantitative estimate of drug-likeness (QED) is 0.183. The van der Waals surface area contributed by atoms with Crippen LogP contribution in [0.25, 0.3) is 82.7 Å². The molecule has 0 amide bonds. The number of hydrogen-bond acceptors (Lipinski definition) is 1. The van der Waals surface area contributed by atoms with Crippen LogP contribution in [0, 0.1) is 0 Å². The van der Waals surface area contributed by atoms with Gasteiger partial charge in [0, 0.05) is 11.3 Å². The maximum Gasteiger partial charge on any atom is 0.146 e. The van der Waals surface area contributed by atoms with Crippen LogP contribution >= 0.6 is 0 Å². The minimum Gasteiger partial charge on any atom is -0.292 e. The smallest absolute Gasteiger partial charge is 0.146 e. The first-order valence-corrected chi connectivity index (χ1v) is 16.4. The summed E-state index contributed by atoms with van der Waals surface area (Å²) in [6, 6.07) is 55.2. The Balaban J connectivity index is 1.39. The van der Waals surface area contributed by atoms with Gasteiger partial charge in [0.15, 0.2) is 0 Å². The van der Waals surface area contributed by atoms with Gasteiger partial charge in [-0.15, -0.1) is 0 Å². The zero-order chi connectivity index (χ0) is 31.7. The van der Waals surface area contributed by atoms with Gasteiger partial charge in [0.05, 0.1) is 11.0 Å². The van der Waals surface area contributed by atoms with E-state index in [2.05, 4.69) is 177 Å². The first-order chi connectivity index (χ1) is 22.9. The molecule has 0 aliphatic carbocycles. The van der Waals surface area contributed by atoms with Crippen molar-refractivity contribution in [3.8, 4) is 39.3 Å². The molecule has 0 saturated carbocycles. The summed E-state index contributed by atoms with van der Waals surface area (Å²) in [6.45, 7) is 6.88. The number of hydrogen-bond donors (Lipinski definition) is 0. The normalized spacial score (nSPS) is 12.1. The SMILES string of the molecule is CC(C)(C)c1cc2ccc3c(-c4ccc(-c5ccccc5)cc4)cc(-c4nc5ccccc5n4-c4ccccc4)c4ccc(c1)c2c34. The molecule has 8 aromatic carbocycles. The molecule has 0 aliphatic rings. The average Bonchev–Trinajstić information content (AvgIpc) is 3.50. The van der Waals surface area contributed by atoms with E-state index in [0.717, 1.165) is 28.1 Å². The molecule has 9 rings (SSSR count). The summed E-state index contributed by atoms with van der Waals surface area (Å²) in [7, 11) is 0. The molecule has 2 nitrogen and oxygen atoms in total. The summed E-state index contributed by atoms with van der Waals surface area (Å²) >= 11 is 0. The van der Waals surface area contributed by atoms with E-state index in [-0.39, 0.29) is 5.41 Å². The first-order valence-electron chi connectivity index (χ1n) is 16.4. The predicted molar refractivity (Wildman–Crippen MR) is 200 cm³/mol. The molecule has 0 bridgehead atoms. The molecule has 2 heteroatoms. The lowest BCUT2D eigenvalue weighted by molar-refractivity contribution is 0.591. The molecule has 9 aromatic rings. The van der Waals surface area contributed by atoms with Crippen LogP contribution in [-0.2, 0) is 5.41 Å². The standard InChI is InChI=1S/C45H34N2/c1-45(2,3)34-26-32-22-24-36-38(31-20-18-30(19-21-31)29-12-6-4-7-13-29)28-39(37-25-23-33(27-34)42(32)43(36)37)44-46-40-16-10-11-17-41(40)47(44)35-14-8-5-9-15-35/h4-28H,1-3H3. The molecule has 47 heavy (non-hydrogen) atoms. The van der Waals surface area contributed by atoms with Crippen LogP contribution in [-0.4, -0.2) is 9.55 Å².